The van der Waals surface area contributed by atoms with Crippen LogP contribution >= 0.6 is 0 Å². The van der Waals surface area contributed by atoms with Crippen LogP contribution in [0.15, 0.2) is 33.9 Å². The standard InChI is InChI=1S/C20H27N5O4/c1-3-29-15-10-6-5-9-14(15)22-16(26)13-25-19(27)17(18(21)23(2)20(25)28)24-11-7-4-8-12-24/h5-6,9-10H,3-4,7-8,11-13,21H2,1-2H3,(H,22,26). The Morgan fingerprint density at radius 3 is 2.55 bits per heavy atom. The lowest BCUT2D eigenvalue weighted by molar-refractivity contribution is -0.116. The number of nitrogens with one attached hydrogen (secondary N) is 1. The number of nitrogen functional groups attached to an aromatic ring is 1. The molecule has 0 radical (unpaired) electrons. The number of piperidine rings is 1. The maximum absolute atomic E-state index is 13.0. The molecule has 29 heavy (non-hydrogen) atoms. The summed E-state index contributed by atoms with van der Waals surface area (Å²) in [5.74, 6) is 0.154. The molecule has 2 aromatic rings. The van der Waals surface area contributed by atoms with Gasteiger partial charge in [0.25, 0.3) is 5.56 Å². The number of amides is 1. The van der Waals surface area contributed by atoms with Gasteiger partial charge in [0.1, 0.15) is 23.8 Å². The van der Waals surface area contributed by atoms with Gasteiger partial charge in [-0.25, -0.2) is 9.36 Å². The van der Waals surface area contributed by atoms with Crippen molar-refractivity contribution in [2.75, 3.05) is 35.6 Å². The van der Waals surface area contributed by atoms with Gasteiger partial charge in [-0.05, 0) is 38.3 Å². The summed E-state index contributed by atoms with van der Waals surface area (Å²) in [6.45, 7) is 3.28. The highest BCUT2D eigenvalue weighted by atomic mass is 16.5. The molecule has 1 fully saturated rings. The van der Waals surface area contributed by atoms with Crippen molar-refractivity contribution in [1.82, 2.24) is 9.13 Å². The van der Waals surface area contributed by atoms with Crippen LogP contribution in [0.2, 0.25) is 0 Å². The monoisotopic (exact) mass is 401 g/mol. The van der Waals surface area contributed by atoms with Crippen LogP contribution in [0.4, 0.5) is 17.2 Å². The SMILES string of the molecule is CCOc1ccccc1NC(=O)Cn1c(=O)c(N2CCCCC2)c(N)n(C)c1=O. The Morgan fingerprint density at radius 2 is 1.86 bits per heavy atom. The van der Waals surface area contributed by atoms with Gasteiger partial charge in [-0.15, -0.1) is 0 Å². The highest BCUT2D eigenvalue weighted by Crippen LogP contribution is 2.24. The van der Waals surface area contributed by atoms with E-state index >= 15 is 0 Å². The van der Waals surface area contributed by atoms with Crippen LogP contribution in [0.25, 0.3) is 0 Å². The Balaban J connectivity index is 1.91. The fourth-order valence-electron chi connectivity index (χ4n) is 3.51. The van der Waals surface area contributed by atoms with Gasteiger partial charge in [0.2, 0.25) is 5.91 Å². The Kier molecular flexibility index (Phi) is 6.26. The molecule has 0 unspecified atom stereocenters. The predicted molar refractivity (Wildman–Crippen MR) is 113 cm³/mol. The Hall–Kier alpha value is -3.23. The molecule has 1 aliphatic rings. The van der Waals surface area contributed by atoms with Gasteiger partial charge in [-0.3, -0.25) is 14.2 Å². The number of ether oxygens (including phenoxy) is 1. The van der Waals surface area contributed by atoms with Crippen LogP contribution in [0, 0.1) is 0 Å². The number of hydrogen-bond donors (Lipinski definition) is 2. The first kappa shape index (κ1) is 20.5. The van der Waals surface area contributed by atoms with E-state index in [0.29, 0.717) is 31.1 Å². The van der Waals surface area contributed by atoms with Crippen molar-refractivity contribution in [2.24, 2.45) is 7.05 Å². The van der Waals surface area contributed by atoms with E-state index in [9.17, 15) is 14.4 Å². The highest BCUT2D eigenvalue weighted by Gasteiger charge is 2.23. The molecule has 0 atom stereocenters. The lowest BCUT2D eigenvalue weighted by Gasteiger charge is -2.29. The van der Waals surface area contributed by atoms with Crippen molar-refractivity contribution in [1.29, 1.82) is 0 Å². The summed E-state index contributed by atoms with van der Waals surface area (Å²) in [6.07, 6.45) is 3.00. The van der Waals surface area contributed by atoms with E-state index in [0.717, 1.165) is 23.8 Å². The fraction of sp³-hybridized carbons (Fsp3) is 0.450. The average molecular weight is 401 g/mol. The van der Waals surface area contributed by atoms with Gasteiger partial charge in [0.05, 0.1) is 12.3 Å². The van der Waals surface area contributed by atoms with Crippen molar-refractivity contribution >= 4 is 23.1 Å². The second-order valence-electron chi connectivity index (χ2n) is 6.99. The summed E-state index contributed by atoms with van der Waals surface area (Å²) < 4.78 is 7.64. The van der Waals surface area contributed by atoms with Crippen LogP contribution in [-0.2, 0) is 18.4 Å². The molecule has 0 saturated carbocycles. The quantitative estimate of drug-likeness (QED) is 0.751. The number of carbonyl (C=O) groups is 1. The molecule has 0 bridgehead atoms. The zero-order valence-electron chi connectivity index (χ0n) is 16.8. The zero-order chi connectivity index (χ0) is 21.0. The zero-order valence-corrected chi connectivity index (χ0v) is 16.8. The van der Waals surface area contributed by atoms with Crippen molar-refractivity contribution in [2.45, 2.75) is 32.7 Å². The first-order chi connectivity index (χ1) is 13.9. The molecule has 0 aliphatic carbocycles. The lowest BCUT2D eigenvalue weighted by atomic mass is 10.1. The first-order valence-corrected chi connectivity index (χ1v) is 9.80. The summed E-state index contributed by atoms with van der Waals surface area (Å²) in [5.41, 5.74) is 5.69. The summed E-state index contributed by atoms with van der Waals surface area (Å²) in [5, 5.41) is 2.71. The van der Waals surface area contributed by atoms with Crippen molar-refractivity contribution in [3.05, 3.63) is 45.1 Å². The molecule has 1 saturated heterocycles. The Labute approximate surface area is 168 Å². The van der Waals surface area contributed by atoms with Gasteiger partial charge in [0, 0.05) is 20.1 Å². The Bertz CT molecular complexity index is 1000. The molecule has 9 nitrogen and oxygen atoms in total. The Morgan fingerprint density at radius 1 is 1.17 bits per heavy atom. The largest absolute Gasteiger partial charge is 0.492 e. The first-order valence-electron chi connectivity index (χ1n) is 9.80. The van der Waals surface area contributed by atoms with Crippen molar-refractivity contribution in [3.8, 4) is 5.75 Å². The van der Waals surface area contributed by atoms with E-state index in [4.69, 9.17) is 10.5 Å². The second kappa shape index (κ2) is 8.85. The number of benzene rings is 1. The third-order valence-electron chi connectivity index (χ3n) is 5.00. The average Bonchev–Trinajstić information content (AvgIpc) is 2.72. The van der Waals surface area contributed by atoms with Crippen LogP contribution in [-0.4, -0.2) is 34.7 Å². The van der Waals surface area contributed by atoms with Crippen LogP contribution in [0.3, 0.4) is 0 Å². The van der Waals surface area contributed by atoms with Crippen molar-refractivity contribution < 1.29 is 9.53 Å². The van der Waals surface area contributed by atoms with E-state index in [1.165, 1.54) is 11.6 Å². The smallest absolute Gasteiger partial charge is 0.332 e. The van der Waals surface area contributed by atoms with Crippen LogP contribution < -0.4 is 31.9 Å². The highest BCUT2D eigenvalue weighted by molar-refractivity contribution is 5.92. The fourth-order valence-corrected chi connectivity index (χ4v) is 3.51. The number of para-hydroxylation sites is 2. The number of hydrogen-bond acceptors (Lipinski definition) is 6. The maximum atomic E-state index is 13.0. The maximum Gasteiger partial charge on any atom is 0.332 e. The molecule has 2 heterocycles. The minimum atomic E-state index is -0.624. The minimum absolute atomic E-state index is 0.125. The van der Waals surface area contributed by atoms with Crippen LogP contribution in [0.5, 0.6) is 5.75 Å². The number of anilines is 3. The number of nitrogens with zero attached hydrogens (tertiary/aromatic N) is 3. The number of aromatic nitrogens is 2. The number of carbonyl (C=O) groups excluding carboxylic acids is 1. The second-order valence-corrected chi connectivity index (χ2v) is 6.99. The molecular weight excluding hydrogens is 374 g/mol. The third-order valence-corrected chi connectivity index (χ3v) is 5.00. The summed E-state index contributed by atoms with van der Waals surface area (Å²) in [6, 6.07) is 7.00. The van der Waals surface area contributed by atoms with Gasteiger partial charge in [0.15, 0.2) is 0 Å². The van der Waals surface area contributed by atoms with E-state index in [-0.39, 0.29) is 11.5 Å². The van der Waals surface area contributed by atoms with Gasteiger partial charge in [-0.2, -0.15) is 0 Å². The molecule has 1 amide bonds. The molecule has 1 aromatic carbocycles. The van der Waals surface area contributed by atoms with Crippen molar-refractivity contribution in [3.63, 3.8) is 0 Å². The third kappa shape index (κ3) is 4.28. The van der Waals surface area contributed by atoms with E-state index in [1.54, 1.807) is 24.3 Å². The number of rotatable bonds is 6. The normalized spacial score (nSPS) is 13.9. The predicted octanol–water partition coefficient (Wildman–Crippen LogP) is 1.16. The summed E-state index contributed by atoms with van der Waals surface area (Å²) >= 11 is 0. The molecular formula is C20H27N5O4. The van der Waals surface area contributed by atoms with Gasteiger partial charge < -0.3 is 20.7 Å². The molecule has 3 N–H and O–H groups in total. The molecule has 0 spiro atoms. The molecule has 9 heteroatoms. The summed E-state index contributed by atoms with van der Waals surface area (Å²) in [7, 11) is 1.50. The molecule has 156 valence electrons. The molecule has 1 aromatic heterocycles. The topological polar surface area (TPSA) is 112 Å². The molecule has 3 rings (SSSR count). The van der Waals surface area contributed by atoms with Gasteiger partial charge in [-0.1, -0.05) is 12.1 Å². The van der Waals surface area contributed by atoms with Gasteiger partial charge >= 0.3 is 5.69 Å². The van der Waals surface area contributed by atoms with E-state index in [1.807, 2.05) is 11.8 Å². The lowest BCUT2D eigenvalue weighted by Crippen LogP contribution is -2.46. The summed E-state index contributed by atoms with van der Waals surface area (Å²) in [4.78, 5) is 40.2. The minimum Gasteiger partial charge on any atom is -0.492 e. The molecule has 1 aliphatic heterocycles. The number of nitrogens with two attached hydrogens (primary N) is 1. The van der Waals surface area contributed by atoms with E-state index in [2.05, 4.69) is 5.32 Å². The van der Waals surface area contributed by atoms with Crippen LogP contribution in [0.1, 0.15) is 26.2 Å². The van der Waals surface area contributed by atoms with E-state index < -0.39 is 23.7 Å².